The Bertz CT molecular complexity index is 1420. The van der Waals surface area contributed by atoms with E-state index >= 15 is 0 Å². The number of carbonyl (C=O) groups is 1. The van der Waals surface area contributed by atoms with Gasteiger partial charge in [-0.1, -0.05) is 60.2 Å². The zero-order valence-electron chi connectivity index (χ0n) is 18.1. The lowest BCUT2D eigenvalue weighted by molar-refractivity contribution is 0.0941. The molecule has 0 aliphatic heterocycles. The molecule has 2 aromatic carbocycles. The minimum Gasteiger partial charge on any atom is -0.345 e. The monoisotopic (exact) mass is 420 g/mol. The third kappa shape index (κ3) is 3.85. The fraction of sp³-hybridized carbons (Fsp3) is 0.148. The van der Waals surface area contributed by atoms with E-state index in [0.717, 1.165) is 33.1 Å². The quantitative estimate of drug-likeness (QED) is 0.421. The normalized spacial score (nSPS) is 12.2. The standard InChI is InChI=1S/C27H24N4O/c1-18-9-11-20(12-10-18)19(2)30-27(32)25-17-29-31-13-5-8-22(26(25)31)15-24-14-21-6-3-4-7-23(21)16-28-24/h3-14,16-17,19H,15H2,1-2H3,(H,30,32). The molecule has 0 saturated carbocycles. The number of aromatic nitrogens is 3. The lowest BCUT2D eigenvalue weighted by Crippen LogP contribution is -2.26. The molecule has 0 aliphatic carbocycles. The first kappa shape index (κ1) is 19.9. The number of rotatable bonds is 5. The lowest BCUT2D eigenvalue weighted by atomic mass is 10.0. The van der Waals surface area contributed by atoms with Gasteiger partial charge in [-0.05, 0) is 42.5 Å². The first-order chi connectivity index (χ1) is 15.6. The largest absolute Gasteiger partial charge is 0.345 e. The molecular weight excluding hydrogens is 396 g/mol. The van der Waals surface area contributed by atoms with Crippen LogP contribution in [0.3, 0.4) is 0 Å². The number of aryl methyl sites for hydroxylation is 1. The maximum Gasteiger partial charge on any atom is 0.255 e. The number of amides is 1. The summed E-state index contributed by atoms with van der Waals surface area (Å²) >= 11 is 0. The zero-order chi connectivity index (χ0) is 22.1. The first-order valence-corrected chi connectivity index (χ1v) is 10.7. The van der Waals surface area contributed by atoms with Crippen LogP contribution in [0, 0.1) is 6.92 Å². The highest BCUT2D eigenvalue weighted by atomic mass is 16.1. The molecule has 0 saturated heterocycles. The summed E-state index contributed by atoms with van der Waals surface area (Å²) in [5.74, 6) is -0.132. The fourth-order valence-electron chi connectivity index (χ4n) is 4.06. The second-order valence-electron chi connectivity index (χ2n) is 8.19. The highest BCUT2D eigenvalue weighted by molar-refractivity contribution is 6.01. The molecule has 1 N–H and O–H groups in total. The maximum absolute atomic E-state index is 13.2. The molecule has 5 heteroatoms. The Morgan fingerprint density at radius 1 is 1.00 bits per heavy atom. The van der Waals surface area contributed by atoms with E-state index in [1.165, 1.54) is 5.56 Å². The van der Waals surface area contributed by atoms with Crippen LogP contribution < -0.4 is 5.32 Å². The van der Waals surface area contributed by atoms with Crippen molar-refractivity contribution in [2.24, 2.45) is 0 Å². The number of hydrogen-bond acceptors (Lipinski definition) is 3. The van der Waals surface area contributed by atoms with Crippen molar-refractivity contribution in [3.63, 3.8) is 0 Å². The van der Waals surface area contributed by atoms with E-state index in [1.54, 1.807) is 10.7 Å². The second-order valence-corrected chi connectivity index (χ2v) is 8.19. The summed E-state index contributed by atoms with van der Waals surface area (Å²) in [6.45, 7) is 4.05. The smallest absolute Gasteiger partial charge is 0.255 e. The molecule has 0 aliphatic rings. The van der Waals surface area contributed by atoms with Crippen LogP contribution in [0.5, 0.6) is 0 Å². The Labute approximate surface area is 186 Å². The number of fused-ring (bicyclic) bond motifs is 2. The van der Waals surface area contributed by atoms with Crippen molar-refractivity contribution < 1.29 is 4.79 Å². The predicted molar refractivity (Wildman–Crippen MR) is 127 cm³/mol. The molecule has 0 spiro atoms. The van der Waals surface area contributed by atoms with Gasteiger partial charge in [0, 0.05) is 29.9 Å². The van der Waals surface area contributed by atoms with E-state index in [2.05, 4.69) is 52.7 Å². The molecule has 0 radical (unpaired) electrons. The minimum absolute atomic E-state index is 0.104. The summed E-state index contributed by atoms with van der Waals surface area (Å²) in [5, 5.41) is 9.81. The van der Waals surface area contributed by atoms with Crippen LogP contribution in [0.15, 0.2) is 85.3 Å². The van der Waals surface area contributed by atoms with Gasteiger partial charge in [0.25, 0.3) is 5.91 Å². The predicted octanol–water partition coefficient (Wildman–Crippen LogP) is 5.27. The number of benzene rings is 2. The Morgan fingerprint density at radius 3 is 2.59 bits per heavy atom. The molecule has 5 nitrogen and oxygen atoms in total. The van der Waals surface area contributed by atoms with Crippen LogP contribution in [0.25, 0.3) is 16.3 Å². The first-order valence-electron chi connectivity index (χ1n) is 10.7. The van der Waals surface area contributed by atoms with Crippen molar-refractivity contribution in [2.45, 2.75) is 26.3 Å². The maximum atomic E-state index is 13.2. The minimum atomic E-state index is -0.132. The van der Waals surface area contributed by atoms with Crippen molar-refractivity contribution in [1.82, 2.24) is 19.9 Å². The van der Waals surface area contributed by atoms with E-state index in [9.17, 15) is 4.79 Å². The van der Waals surface area contributed by atoms with Gasteiger partial charge in [-0.25, -0.2) is 4.52 Å². The average Bonchev–Trinajstić information content (AvgIpc) is 3.25. The molecule has 1 atom stereocenters. The highest BCUT2D eigenvalue weighted by Crippen LogP contribution is 2.22. The van der Waals surface area contributed by atoms with E-state index in [-0.39, 0.29) is 11.9 Å². The van der Waals surface area contributed by atoms with Crippen molar-refractivity contribution in [2.75, 3.05) is 0 Å². The Hall–Kier alpha value is -3.99. The molecule has 3 aromatic heterocycles. The summed E-state index contributed by atoms with van der Waals surface area (Å²) in [5.41, 5.74) is 5.62. The molecule has 0 bridgehead atoms. The van der Waals surface area contributed by atoms with Gasteiger partial charge >= 0.3 is 0 Å². The average molecular weight is 421 g/mol. The number of hydrogen-bond donors (Lipinski definition) is 1. The van der Waals surface area contributed by atoms with Gasteiger partial charge in [0.1, 0.15) is 0 Å². The van der Waals surface area contributed by atoms with E-state index in [4.69, 9.17) is 0 Å². The summed E-state index contributed by atoms with van der Waals surface area (Å²) in [6, 6.07) is 22.4. The number of nitrogens with zero attached hydrogens (tertiary/aromatic N) is 3. The molecule has 3 heterocycles. The fourth-order valence-corrected chi connectivity index (χ4v) is 4.06. The molecule has 5 rings (SSSR count). The zero-order valence-corrected chi connectivity index (χ0v) is 18.1. The number of nitrogens with one attached hydrogen (secondary N) is 1. The Kier molecular flexibility index (Phi) is 5.15. The third-order valence-electron chi connectivity index (χ3n) is 5.85. The molecule has 158 valence electrons. The van der Waals surface area contributed by atoms with Gasteiger partial charge in [-0.3, -0.25) is 9.78 Å². The number of pyridine rings is 2. The van der Waals surface area contributed by atoms with Crippen LogP contribution >= 0.6 is 0 Å². The van der Waals surface area contributed by atoms with Crippen molar-refractivity contribution in [1.29, 1.82) is 0 Å². The summed E-state index contributed by atoms with van der Waals surface area (Å²) in [4.78, 5) is 17.8. The topological polar surface area (TPSA) is 59.3 Å². The molecule has 5 aromatic rings. The SMILES string of the molecule is Cc1ccc(C(C)NC(=O)c2cnn3cccc(Cc4cc5ccccc5cn4)c23)cc1. The van der Waals surface area contributed by atoms with Crippen LogP contribution in [-0.4, -0.2) is 20.5 Å². The van der Waals surface area contributed by atoms with Gasteiger partial charge in [-0.2, -0.15) is 5.10 Å². The highest BCUT2D eigenvalue weighted by Gasteiger charge is 2.18. The van der Waals surface area contributed by atoms with Gasteiger partial charge in [0.15, 0.2) is 0 Å². The van der Waals surface area contributed by atoms with Gasteiger partial charge < -0.3 is 5.32 Å². The third-order valence-corrected chi connectivity index (χ3v) is 5.85. The number of carbonyl (C=O) groups excluding carboxylic acids is 1. The van der Waals surface area contributed by atoms with Crippen molar-refractivity contribution >= 4 is 22.2 Å². The van der Waals surface area contributed by atoms with Crippen molar-refractivity contribution in [3.05, 3.63) is 113 Å². The molecule has 1 unspecified atom stereocenters. The van der Waals surface area contributed by atoms with Gasteiger partial charge in [0.05, 0.1) is 23.3 Å². The van der Waals surface area contributed by atoms with E-state index in [1.807, 2.05) is 55.7 Å². The van der Waals surface area contributed by atoms with Crippen LogP contribution in [0.1, 0.15) is 45.7 Å². The molecule has 0 fully saturated rings. The lowest BCUT2D eigenvalue weighted by Gasteiger charge is -2.15. The van der Waals surface area contributed by atoms with E-state index in [0.29, 0.717) is 12.0 Å². The molecule has 1 amide bonds. The van der Waals surface area contributed by atoms with Gasteiger partial charge in [-0.15, -0.1) is 0 Å². The van der Waals surface area contributed by atoms with Crippen LogP contribution in [0.4, 0.5) is 0 Å². The second kappa shape index (κ2) is 8.27. The Balaban J connectivity index is 1.45. The molecular formula is C27H24N4O. The summed E-state index contributed by atoms with van der Waals surface area (Å²) in [6.07, 6.45) is 6.03. The summed E-state index contributed by atoms with van der Waals surface area (Å²) < 4.78 is 1.77. The van der Waals surface area contributed by atoms with Gasteiger partial charge in [0.2, 0.25) is 0 Å². The van der Waals surface area contributed by atoms with Crippen LogP contribution in [0.2, 0.25) is 0 Å². The van der Waals surface area contributed by atoms with Crippen molar-refractivity contribution in [3.8, 4) is 0 Å². The van der Waals surface area contributed by atoms with E-state index < -0.39 is 0 Å². The summed E-state index contributed by atoms with van der Waals surface area (Å²) in [7, 11) is 0. The molecule has 32 heavy (non-hydrogen) atoms. The Morgan fingerprint density at radius 2 is 1.78 bits per heavy atom. The van der Waals surface area contributed by atoms with Crippen LogP contribution in [-0.2, 0) is 6.42 Å².